The number of fused-ring (bicyclic) bond motifs is 2. The van der Waals surface area contributed by atoms with Crippen LogP contribution in [0.4, 0.5) is 5.82 Å². The highest BCUT2D eigenvalue weighted by Gasteiger charge is 2.33. The molecule has 0 spiro atoms. The summed E-state index contributed by atoms with van der Waals surface area (Å²) >= 11 is 0. The zero-order valence-electron chi connectivity index (χ0n) is 18.4. The Morgan fingerprint density at radius 1 is 1.19 bits per heavy atom. The average Bonchev–Trinajstić information content (AvgIpc) is 3.32. The normalized spacial score (nSPS) is 18.0. The third-order valence-corrected chi connectivity index (χ3v) is 6.63. The van der Waals surface area contributed by atoms with E-state index < -0.39 is 0 Å². The van der Waals surface area contributed by atoms with Crippen LogP contribution in [0.15, 0.2) is 35.1 Å². The van der Waals surface area contributed by atoms with Crippen molar-refractivity contribution in [2.75, 3.05) is 25.2 Å². The molecule has 0 saturated carbocycles. The minimum absolute atomic E-state index is 0.0478. The van der Waals surface area contributed by atoms with E-state index >= 15 is 0 Å². The maximum atomic E-state index is 13.4. The van der Waals surface area contributed by atoms with E-state index in [0.29, 0.717) is 29.6 Å². The molecule has 3 aromatic rings. The molecule has 1 aliphatic carbocycles. The maximum Gasteiger partial charge on any atom is 0.261 e. The molecular weight excluding hydrogens is 402 g/mol. The van der Waals surface area contributed by atoms with Gasteiger partial charge in [0, 0.05) is 19.3 Å². The van der Waals surface area contributed by atoms with Crippen LogP contribution in [-0.2, 0) is 24.1 Å². The molecule has 0 bridgehead atoms. The number of nitrogens with zero attached hydrogens (tertiary/aromatic N) is 5. The molecule has 1 aromatic carbocycles. The number of aromatic nitrogens is 3. The van der Waals surface area contributed by atoms with Crippen molar-refractivity contribution in [3.8, 4) is 6.07 Å². The fraction of sp³-hybridized carbons (Fsp3) is 0.440. The third kappa shape index (κ3) is 3.55. The third-order valence-electron chi connectivity index (χ3n) is 6.63. The Hall–Kier alpha value is -3.24. The standard InChI is InChI=1S/C25H27N5O2/c1-32-14-13-30-24(28-21-10-5-3-8-19(21)25(30)31)22-11-6-12-29(22)23-18(16-26)15-17-7-2-4-9-20(17)27-23/h3,5,8,10,15,22H,2,4,6-7,9,11-14H2,1H3. The van der Waals surface area contributed by atoms with Crippen LogP contribution in [0.5, 0.6) is 0 Å². The van der Waals surface area contributed by atoms with Crippen molar-refractivity contribution in [3.63, 3.8) is 0 Å². The van der Waals surface area contributed by atoms with E-state index in [1.165, 1.54) is 5.56 Å². The van der Waals surface area contributed by atoms with Gasteiger partial charge in [-0.1, -0.05) is 12.1 Å². The summed E-state index contributed by atoms with van der Waals surface area (Å²) < 4.78 is 7.03. The van der Waals surface area contributed by atoms with E-state index in [1.807, 2.05) is 30.3 Å². The van der Waals surface area contributed by atoms with Crippen molar-refractivity contribution in [1.29, 1.82) is 5.26 Å². The molecule has 1 fully saturated rings. The first-order valence-corrected chi connectivity index (χ1v) is 11.4. The fourth-order valence-corrected chi connectivity index (χ4v) is 5.05. The first kappa shape index (κ1) is 20.7. The molecule has 3 heterocycles. The van der Waals surface area contributed by atoms with E-state index in [2.05, 4.69) is 11.0 Å². The second-order valence-electron chi connectivity index (χ2n) is 8.57. The van der Waals surface area contributed by atoms with Crippen LogP contribution in [0.3, 0.4) is 0 Å². The largest absolute Gasteiger partial charge is 0.383 e. The molecule has 2 aromatic heterocycles. The van der Waals surface area contributed by atoms with Crippen LogP contribution in [-0.4, -0.2) is 34.8 Å². The van der Waals surface area contributed by atoms with Crippen LogP contribution in [0.25, 0.3) is 10.9 Å². The van der Waals surface area contributed by atoms with Crippen LogP contribution in [0.2, 0.25) is 0 Å². The van der Waals surface area contributed by atoms with Crippen molar-refractivity contribution >= 4 is 16.7 Å². The summed E-state index contributed by atoms with van der Waals surface area (Å²) in [6.45, 7) is 1.66. The van der Waals surface area contributed by atoms with Gasteiger partial charge in [0.2, 0.25) is 0 Å². The smallest absolute Gasteiger partial charge is 0.261 e. The molecule has 7 nitrogen and oxygen atoms in total. The lowest BCUT2D eigenvalue weighted by Gasteiger charge is -2.29. The molecule has 0 radical (unpaired) electrons. The molecule has 5 rings (SSSR count). The molecule has 1 atom stereocenters. The van der Waals surface area contributed by atoms with Gasteiger partial charge in [-0.15, -0.1) is 0 Å². The summed E-state index contributed by atoms with van der Waals surface area (Å²) in [5, 5.41) is 10.5. The van der Waals surface area contributed by atoms with Crippen LogP contribution in [0, 0.1) is 11.3 Å². The number of hydrogen-bond donors (Lipinski definition) is 0. The maximum absolute atomic E-state index is 13.4. The van der Waals surface area contributed by atoms with Crippen molar-refractivity contribution in [2.45, 2.75) is 51.1 Å². The Bertz CT molecular complexity index is 1260. The van der Waals surface area contributed by atoms with Crippen LogP contribution >= 0.6 is 0 Å². The number of para-hydroxylation sites is 1. The predicted molar refractivity (Wildman–Crippen MR) is 123 cm³/mol. The van der Waals surface area contributed by atoms with Crippen molar-refractivity contribution < 1.29 is 4.74 Å². The lowest BCUT2D eigenvalue weighted by atomic mass is 9.94. The molecule has 0 amide bonds. The number of pyridine rings is 1. The number of aryl methyl sites for hydroxylation is 2. The van der Waals surface area contributed by atoms with Gasteiger partial charge in [0.15, 0.2) is 0 Å². The molecule has 32 heavy (non-hydrogen) atoms. The van der Waals surface area contributed by atoms with Gasteiger partial charge < -0.3 is 9.64 Å². The van der Waals surface area contributed by atoms with Gasteiger partial charge in [-0.25, -0.2) is 9.97 Å². The second kappa shape index (κ2) is 8.71. The number of nitriles is 1. The van der Waals surface area contributed by atoms with E-state index in [4.69, 9.17) is 14.7 Å². The highest BCUT2D eigenvalue weighted by atomic mass is 16.5. The molecule has 1 aliphatic heterocycles. The Morgan fingerprint density at radius 2 is 2.03 bits per heavy atom. The molecule has 1 saturated heterocycles. The fourth-order valence-electron chi connectivity index (χ4n) is 5.05. The van der Waals surface area contributed by atoms with Crippen molar-refractivity contribution in [2.24, 2.45) is 0 Å². The van der Waals surface area contributed by atoms with Crippen LogP contribution < -0.4 is 10.5 Å². The predicted octanol–water partition coefficient (Wildman–Crippen LogP) is 3.53. The number of ether oxygens (including phenoxy) is 1. The minimum Gasteiger partial charge on any atom is -0.383 e. The summed E-state index contributed by atoms with van der Waals surface area (Å²) in [5.41, 5.74) is 3.58. The molecule has 164 valence electrons. The number of methoxy groups -OCH3 is 1. The van der Waals surface area contributed by atoms with E-state index in [9.17, 15) is 10.1 Å². The summed E-state index contributed by atoms with van der Waals surface area (Å²) in [5.74, 6) is 1.46. The van der Waals surface area contributed by atoms with Crippen molar-refractivity contribution in [3.05, 3.63) is 63.3 Å². The van der Waals surface area contributed by atoms with Gasteiger partial charge in [0.05, 0.1) is 35.7 Å². The second-order valence-corrected chi connectivity index (χ2v) is 8.57. The first-order valence-electron chi connectivity index (χ1n) is 11.4. The molecular formula is C25H27N5O2. The zero-order valence-corrected chi connectivity index (χ0v) is 18.4. The van der Waals surface area contributed by atoms with E-state index in [1.54, 1.807) is 11.7 Å². The highest BCUT2D eigenvalue weighted by Crippen LogP contribution is 2.37. The number of anilines is 1. The lowest BCUT2D eigenvalue weighted by Crippen LogP contribution is -2.34. The molecule has 7 heteroatoms. The van der Waals surface area contributed by atoms with E-state index in [-0.39, 0.29) is 11.6 Å². The monoisotopic (exact) mass is 429 g/mol. The topological polar surface area (TPSA) is 84.0 Å². The van der Waals surface area contributed by atoms with Gasteiger partial charge in [0.25, 0.3) is 5.56 Å². The highest BCUT2D eigenvalue weighted by molar-refractivity contribution is 5.77. The summed E-state index contributed by atoms with van der Waals surface area (Å²) in [6.07, 6.45) is 6.06. The van der Waals surface area contributed by atoms with E-state index in [0.717, 1.165) is 62.4 Å². The number of hydrogen-bond acceptors (Lipinski definition) is 6. The SMILES string of the molecule is COCCn1c(C2CCCN2c2nc3c(cc2C#N)CCCC3)nc2ccccc2c1=O. The summed E-state index contributed by atoms with van der Waals surface area (Å²) in [4.78, 5) is 25.5. The average molecular weight is 430 g/mol. The quantitative estimate of drug-likeness (QED) is 0.617. The summed E-state index contributed by atoms with van der Waals surface area (Å²) in [7, 11) is 1.64. The minimum atomic E-state index is -0.106. The first-order chi connectivity index (χ1) is 15.7. The van der Waals surface area contributed by atoms with Crippen LogP contribution in [0.1, 0.15) is 54.4 Å². The molecule has 0 N–H and O–H groups in total. The van der Waals surface area contributed by atoms with Gasteiger partial charge in [-0.2, -0.15) is 5.26 Å². The zero-order chi connectivity index (χ0) is 22.1. The van der Waals surface area contributed by atoms with Crippen molar-refractivity contribution in [1.82, 2.24) is 14.5 Å². The van der Waals surface area contributed by atoms with Gasteiger partial charge in [0.1, 0.15) is 17.7 Å². The Labute approximate surface area is 187 Å². The lowest BCUT2D eigenvalue weighted by molar-refractivity contribution is 0.184. The molecule has 2 aliphatic rings. The number of benzene rings is 1. The van der Waals surface area contributed by atoms with Gasteiger partial charge >= 0.3 is 0 Å². The Morgan fingerprint density at radius 3 is 2.88 bits per heavy atom. The summed E-state index contributed by atoms with van der Waals surface area (Å²) in [6, 6.07) is 11.8. The Balaban J connectivity index is 1.64. The Kier molecular flexibility index (Phi) is 5.62. The van der Waals surface area contributed by atoms with Gasteiger partial charge in [-0.3, -0.25) is 9.36 Å². The van der Waals surface area contributed by atoms with Gasteiger partial charge in [-0.05, 0) is 62.3 Å². The number of rotatable bonds is 5. The molecule has 1 unspecified atom stereocenters.